The fraction of sp³-hybridized carbons (Fsp3) is 0.160. The lowest BCUT2D eigenvalue weighted by Crippen LogP contribution is -2.00. The second kappa shape index (κ2) is 11.7. The molecule has 3 aromatic carbocycles. The van der Waals surface area contributed by atoms with Crippen molar-refractivity contribution >= 4 is 33.9 Å². The third-order valence-electron chi connectivity index (χ3n) is 4.62. The molecule has 0 atom stereocenters. The number of nitrogens with zero attached hydrogens (tertiary/aromatic N) is 4. The van der Waals surface area contributed by atoms with Gasteiger partial charge in [-0.1, -0.05) is 70.2 Å². The fourth-order valence-electron chi connectivity index (χ4n) is 2.98. The molecule has 4 aromatic rings. The average Bonchev–Trinajstić information content (AvgIpc) is 3.30. The Balaban J connectivity index is 1.43. The summed E-state index contributed by atoms with van der Waals surface area (Å²) in [7, 11) is 0. The van der Waals surface area contributed by atoms with Gasteiger partial charge in [0.15, 0.2) is 11.5 Å². The van der Waals surface area contributed by atoms with Crippen molar-refractivity contribution < 1.29 is 9.47 Å². The minimum absolute atomic E-state index is 0.462. The molecule has 33 heavy (non-hydrogen) atoms. The van der Waals surface area contributed by atoms with Crippen molar-refractivity contribution in [3.05, 3.63) is 100 Å². The number of hydrogen-bond donors (Lipinski definition) is 0. The maximum Gasteiger partial charge on any atom is 0.212 e. The zero-order valence-corrected chi connectivity index (χ0v) is 20.5. The van der Waals surface area contributed by atoms with Crippen LogP contribution in [0.4, 0.5) is 0 Å². The van der Waals surface area contributed by atoms with Crippen molar-refractivity contribution in [1.29, 1.82) is 0 Å². The fourth-order valence-corrected chi connectivity index (χ4v) is 4.06. The van der Waals surface area contributed by atoms with Crippen LogP contribution in [-0.4, -0.2) is 27.7 Å². The summed E-state index contributed by atoms with van der Waals surface area (Å²) >= 11 is 5.04. The van der Waals surface area contributed by atoms with Crippen molar-refractivity contribution in [2.45, 2.75) is 24.4 Å². The lowest BCUT2D eigenvalue weighted by Gasteiger charge is -2.12. The molecule has 0 amide bonds. The Bertz CT molecular complexity index is 1200. The molecule has 8 heteroatoms. The van der Waals surface area contributed by atoms with E-state index in [0.717, 1.165) is 26.5 Å². The highest BCUT2D eigenvalue weighted by Gasteiger charge is 2.08. The van der Waals surface area contributed by atoms with Crippen molar-refractivity contribution in [1.82, 2.24) is 14.9 Å². The van der Waals surface area contributed by atoms with Crippen LogP contribution >= 0.6 is 27.7 Å². The Hall–Kier alpha value is -3.10. The van der Waals surface area contributed by atoms with E-state index in [4.69, 9.17) is 9.47 Å². The summed E-state index contributed by atoms with van der Waals surface area (Å²) in [4.78, 5) is 0. The van der Waals surface area contributed by atoms with Gasteiger partial charge in [-0.15, -0.1) is 10.2 Å². The maximum absolute atomic E-state index is 6.00. The van der Waals surface area contributed by atoms with Crippen LogP contribution in [0.5, 0.6) is 11.5 Å². The van der Waals surface area contributed by atoms with Gasteiger partial charge < -0.3 is 9.47 Å². The molecule has 0 fully saturated rings. The molecule has 1 aromatic heterocycles. The zero-order chi connectivity index (χ0) is 22.9. The second-order valence-corrected chi connectivity index (χ2v) is 8.89. The first-order valence-corrected chi connectivity index (χ1v) is 12.2. The van der Waals surface area contributed by atoms with E-state index >= 15 is 0 Å². The first-order valence-electron chi connectivity index (χ1n) is 10.5. The lowest BCUT2D eigenvalue weighted by molar-refractivity contribution is 0.269. The van der Waals surface area contributed by atoms with E-state index in [1.165, 1.54) is 5.56 Å². The summed E-state index contributed by atoms with van der Waals surface area (Å²) in [6.45, 7) is 2.96. The van der Waals surface area contributed by atoms with Gasteiger partial charge in [-0.05, 0) is 53.9 Å². The van der Waals surface area contributed by atoms with Crippen LogP contribution in [0.3, 0.4) is 0 Å². The van der Waals surface area contributed by atoms with Gasteiger partial charge in [0.1, 0.15) is 12.9 Å². The Morgan fingerprint density at radius 3 is 2.58 bits per heavy atom. The predicted octanol–water partition coefficient (Wildman–Crippen LogP) is 6.19. The largest absolute Gasteiger partial charge is 0.490 e. The monoisotopic (exact) mass is 522 g/mol. The van der Waals surface area contributed by atoms with Gasteiger partial charge >= 0.3 is 0 Å². The van der Waals surface area contributed by atoms with Gasteiger partial charge in [-0.2, -0.15) is 9.78 Å². The van der Waals surface area contributed by atoms with Crippen molar-refractivity contribution in [3.8, 4) is 11.5 Å². The van der Waals surface area contributed by atoms with Crippen LogP contribution < -0.4 is 9.47 Å². The topological polar surface area (TPSA) is 61.5 Å². The molecule has 0 saturated carbocycles. The molecule has 0 unspecified atom stereocenters. The molecular weight excluding hydrogens is 500 g/mol. The molecule has 0 radical (unpaired) electrons. The van der Waals surface area contributed by atoms with E-state index in [1.54, 1.807) is 29.0 Å². The normalized spacial score (nSPS) is 11.1. The number of aromatic nitrogens is 3. The van der Waals surface area contributed by atoms with E-state index in [9.17, 15) is 0 Å². The summed E-state index contributed by atoms with van der Waals surface area (Å²) in [6, 6.07) is 24.1. The van der Waals surface area contributed by atoms with Gasteiger partial charge in [0.2, 0.25) is 5.16 Å². The van der Waals surface area contributed by atoms with Crippen LogP contribution in [0.2, 0.25) is 0 Å². The van der Waals surface area contributed by atoms with Crippen LogP contribution in [0.25, 0.3) is 0 Å². The third-order valence-corrected chi connectivity index (χ3v) is 6.15. The lowest BCUT2D eigenvalue weighted by atomic mass is 10.2. The Kier molecular flexibility index (Phi) is 8.16. The molecule has 168 valence electrons. The first kappa shape index (κ1) is 23.1. The minimum atomic E-state index is 0.462. The van der Waals surface area contributed by atoms with Gasteiger partial charge in [0.25, 0.3) is 0 Å². The molecule has 0 N–H and O–H groups in total. The molecule has 0 saturated heterocycles. The average molecular weight is 523 g/mol. The van der Waals surface area contributed by atoms with E-state index in [1.807, 2.05) is 67.6 Å². The van der Waals surface area contributed by atoms with Crippen molar-refractivity contribution in [2.24, 2.45) is 5.10 Å². The molecule has 0 aliphatic rings. The number of rotatable bonds is 10. The summed E-state index contributed by atoms with van der Waals surface area (Å²) < 4.78 is 14.5. The number of hydrogen-bond acceptors (Lipinski definition) is 6. The highest BCUT2D eigenvalue weighted by atomic mass is 79.9. The number of halogens is 1. The predicted molar refractivity (Wildman–Crippen MR) is 135 cm³/mol. The molecule has 4 rings (SSSR count). The number of ether oxygens (including phenoxy) is 2. The Labute approximate surface area is 205 Å². The zero-order valence-electron chi connectivity index (χ0n) is 18.1. The number of benzene rings is 3. The molecular formula is C25H23BrN4O2S. The molecule has 1 heterocycles. The van der Waals surface area contributed by atoms with Gasteiger partial charge in [-0.3, -0.25) is 0 Å². The summed E-state index contributed by atoms with van der Waals surface area (Å²) in [5, 5.41) is 13.4. The van der Waals surface area contributed by atoms with E-state index in [-0.39, 0.29) is 0 Å². The standard InChI is InChI=1S/C25H23BrN4O2S/c1-2-31-24-14-21(10-13-23(24)32-16-19-8-11-22(26)12-9-19)15-28-30-18-27-29-25(30)33-17-20-6-4-3-5-7-20/h3-15,18H,2,16-17H2,1H3/b28-15+. The highest BCUT2D eigenvalue weighted by molar-refractivity contribution is 9.10. The summed E-state index contributed by atoms with van der Waals surface area (Å²) in [5.41, 5.74) is 3.20. The SMILES string of the molecule is CCOc1cc(/C=N/n2cnnc2SCc2ccccc2)ccc1OCc1ccc(Br)cc1. The molecule has 0 aliphatic carbocycles. The molecule has 0 bridgehead atoms. The third kappa shape index (κ3) is 6.69. The van der Waals surface area contributed by atoms with E-state index in [0.29, 0.717) is 24.7 Å². The van der Waals surface area contributed by atoms with Crippen LogP contribution in [0, 0.1) is 0 Å². The minimum Gasteiger partial charge on any atom is -0.490 e. The molecule has 6 nitrogen and oxygen atoms in total. The van der Waals surface area contributed by atoms with Crippen LogP contribution in [0.1, 0.15) is 23.6 Å². The second-order valence-electron chi connectivity index (χ2n) is 7.03. The first-order chi connectivity index (χ1) is 16.2. The van der Waals surface area contributed by atoms with Gasteiger partial charge in [-0.25, -0.2) is 0 Å². The van der Waals surface area contributed by atoms with Crippen LogP contribution in [0.15, 0.2) is 93.9 Å². The molecule has 0 aliphatic heterocycles. The van der Waals surface area contributed by atoms with Gasteiger partial charge in [0.05, 0.1) is 12.8 Å². The van der Waals surface area contributed by atoms with E-state index < -0.39 is 0 Å². The summed E-state index contributed by atoms with van der Waals surface area (Å²) in [6.07, 6.45) is 3.36. The van der Waals surface area contributed by atoms with Crippen molar-refractivity contribution in [3.63, 3.8) is 0 Å². The van der Waals surface area contributed by atoms with E-state index in [2.05, 4.69) is 43.4 Å². The highest BCUT2D eigenvalue weighted by Crippen LogP contribution is 2.29. The van der Waals surface area contributed by atoms with Crippen molar-refractivity contribution in [2.75, 3.05) is 6.61 Å². The Morgan fingerprint density at radius 1 is 0.970 bits per heavy atom. The summed E-state index contributed by atoms with van der Waals surface area (Å²) in [5.74, 6) is 2.18. The van der Waals surface area contributed by atoms with Gasteiger partial charge in [0, 0.05) is 10.2 Å². The quantitative estimate of drug-likeness (QED) is 0.183. The maximum atomic E-state index is 6.00. The molecule has 0 spiro atoms. The Morgan fingerprint density at radius 2 is 1.79 bits per heavy atom. The van der Waals surface area contributed by atoms with Crippen LogP contribution in [-0.2, 0) is 12.4 Å². The smallest absolute Gasteiger partial charge is 0.212 e. The number of thioether (sulfide) groups is 1.